The van der Waals surface area contributed by atoms with E-state index in [9.17, 15) is 19.6 Å². The molecule has 0 heterocycles. The Bertz CT molecular complexity index is 631. The molecule has 1 unspecified atom stereocenters. The molecule has 2 aromatic rings. The molecule has 0 saturated heterocycles. The van der Waals surface area contributed by atoms with Crippen LogP contribution in [0.25, 0.3) is 0 Å². The lowest BCUT2D eigenvalue weighted by molar-refractivity contribution is -0.384. The Morgan fingerprint density at radius 3 is 2.45 bits per heavy atom. The van der Waals surface area contributed by atoms with Gasteiger partial charge in [-0.3, -0.25) is 10.1 Å². The van der Waals surface area contributed by atoms with Gasteiger partial charge in [0.1, 0.15) is 5.82 Å². The minimum absolute atomic E-state index is 0.00344. The highest BCUT2D eigenvalue weighted by molar-refractivity contribution is 6.30. The van der Waals surface area contributed by atoms with Gasteiger partial charge in [-0.2, -0.15) is 0 Å². The van der Waals surface area contributed by atoms with Crippen molar-refractivity contribution in [3.05, 3.63) is 74.5 Å². The van der Waals surface area contributed by atoms with Crippen molar-refractivity contribution in [1.82, 2.24) is 0 Å². The van der Waals surface area contributed by atoms with Crippen LogP contribution in [0, 0.1) is 15.9 Å². The van der Waals surface area contributed by atoms with Crippen molar-refractivity contribution >= 4 is 17.3 Å². The van der Waals surface area contributed by atoms with Crippen molar-refractivity contribution in [1.29, 1.82) is 0 Å². The molecule has 0 fully saturated rings. The topological polar surface area (TPSA) is 63.4 Å². The average Bonchev–Trinajstić information content (AvgIpc) is 2.42. The molecule has 1 N–H and O–H groups in total. The Morgan fingerprint density at radius 2 is 1.90 bits per heavy atom. The second kappa shape index (κ2) is 5.98. The van der Waals surface area contributed by atoms with Gasteiger partial charge in [0.15, 0.2) is 0 Å². The highest BCUT2D eigenvalue weighted by Gasteiger charge is 2.12. The number of nitro benzene ring substituents is 1. The molecule has 0 saturated carbocycles. The Kier molecular flexibility index (Phi) is 4.32. The van der Waals surface area contributed by atoms with Crippen LogP contribution in [0.15, 0.2) is 42.5 Å². The third-order valence-electron chi connectivity index (χ3n) is 2.90. The molecule has 0 bridgehead atoms. The Balaban J connectivity index is 2.12. The van der Waals surface area contributed by atoms with Gasteiger partial charge in [-0.05, 0) is 23.3 Å². The zero-order chi connectivity index (χ0) is 14.7. The molecule has 104 valence electrons. The summed E-state index contributed by atoms with van der Waals surface area (Å²) in [6, 6.07) is 9.96. The van der Waals surface area contributed by atoms with E-state index in [1.54, 1.807) is 18.2 Å². The molecule has 0 aliphatic carbocycles. The molecular formula is C14H11ClFNO3. The predicted octanol–water partition coefficient (Wildman–Crippen LogP) is 3.66. The summed E-state index contributed by atoms with van der Waals surface area (Å²) in [6.45, 7) is 0. The normalized spacial score (nSPS) is 12.2. The van der Waals surface area contributed by atoms with Crippen molar-refractivity contribution in [2.24, 2.45) is 0 Å². The van der Waals surface area contributed by atoms with E-state index in [0.29, 0.717) is 5.56 Å². The van der Waals surface area contributed by atoms with Gasteiger partial charge in [-0.1, -0.05) is 29.8 Å². The first kappa shape index (κ1) is 14.4. The van der Waals surface area contributed by atoms with Crippen LogP contribution in [0.1, 0.15) is 17.2 Å². The van der Waals surface area contributed by atoms with Gasteiger partial charge in [0.25, 0.3) is 5.69 Å². The average molecular weight is 296 g/mol. The van der Waals surface area contributed by atoms with Gasteiger partial charge in [0.2, 0.25) is 0 Å². The van der Waals surface area contributed by atoms with Crippen molar-refractivity contribution < 1.29 is 14.4 Å². The number of rotatable bonds is 4. The summed E-state index contributed by atoms with van der Waals surface area (Å²) in [6.07, 6.45) is -0.665. The van der Waals surface area contributed by atoms with Crippen LogP contribution < -0.4 is 0 Å². The summed E-state index contributed by atoms with van der Waals surface area (Å²) in [5.41, 5.74) is 1.12. The van der Waals surface area contributed by atoms with Crippen LogP contribution in [0.4, 0.5) is 10.1 Å². The summed E-state index contributed by atoms with van der Waals surface area (Å²) < 4.78 is 13.3. The van der Waals surface area contributed by atoms with Crippen LogP contribution in [0.5, 0.6) is 0 Å². The third-order valence-corrected chi connectivity index (χ3v) is 3.21. The molecule has 2 aromatic carbocycles. The molecule has 0 aliphatic heterocycles. The first-order chi connectivity index (χ1) is 9.47. The fraction of sp³-hybridized carbons (Fsp3) is 0.143. The maximum atomic E-state index is 13.3. The van der Waals surface area contributed by atoms with E-state index >= 15 is 0 Å². The molecule has 0 radical (unpaired) electrons. The van der Waals surface area contributed by atoms with E-state index in [2.05, 4.69) is 0 Å². The minimum atomic E-state index is -0.900. The Labute approximate surface area is 119 Å². The van der Waals surface area contributed by atoms with Gasteiger partial charge >= 0.3 is 0 Å². The third kappa shape index (κ3) is 3.31. The molecule has 4 nitrogen and oxygen atoms in total. The lowest BCUT2D eigenvalue weighted by Gasteiger charge is -2.11. The number of hydrogen-bond acceptors (Lipinski definition) is 3. The molecule has 0 aromatic heterocycles. The summed E-state index contributed by atoms with van der Waals surface area (Å²) in [5.74, 6) is -0.591. The molecule has 0 spiro atoms. The number of nitro groups is 1. The number of non-ortho nitro benzene ring substituents is 1. The van der Waals surface area contributed by atoms with Crippen LogP contribution in [-0.2, 0) is 6.42 Å². The second-order valence-corrected chi connectivity index (χ2v) is 4.72. The minimum Gasteiger partial charge on any atom is -0.388 e. The standard InChI is InChI=1S/C14H11ClFNO3/c15-12-6-3-10(8-13(12)16)14(18)7-9-1-4-11(5-2-9)17(19)20/h1-6,8,14,18H,7H2. The molecule has 2 rings (SSSR count). The monoisotopic (exact) mass is 295 g/mol. The highest BCUT2D eigenvalue weighted by Crippen LogP contribution is 2.23. The fourth-order valence-corrected chi connectivity index (χ4v) is 1.93. The smallest absolute Gasteiger partial charge is 0.269 e. The van der Waals surface area contributed by atoms with Gasteiger partial charge in [0, 0.05) is 18.6 Å². The molecule has 0 amide bonds. The largest absolute Gasteiger partial charge is 0.388 e. The van der Waals surface area contributed by atoms with E-state index < -0.39 is 16.8 Å². The number of hydrogen-bond donors (Lipinski definition) is 1. The molecule has 0 aliphatic rings. The maximum absolute atomic E-state index is 13.3. The number of benzene rings is 2. The zero-order valence-electron chi connectivity index (χ0n) is 10.3. The van der Waals surface area contributed by atoms with Crippen molar-refractivity contribution in [2.75, 3.05) is 0 Å². The Morgan fingerprint density at radius 1 is 1.25 bits per heavy atom. The van der Waals surface area contributed by atoms with Gasteiger partial charge in [0.05, 0.1) is 16.0 Å². The van der Waals surface area contributed by atoms with Crippen LogP contribution in [0.3, 0.4) is 0 Å². The van der Waals surface area contributed by atoms with E-state index in [1.807, 2.05) is 0 Å². The highest BCUT2D eigenvalue weighted by atomic mass is 35.5. The first-order valence-electron chi connectivity index (χ1n) is 5.83. The van der Waals surface area contributed by atoms with Crippen molar-refractivity contribution in [3.63, 3.8) is 0 Å². The number of aliphatic hydroxyl groups excluding tert-OH is 1. The molecular weight excluding hydrogens is 285 g/mol. The van der Waals surface area contributed by atoms with Crippen LogP contribution in [-0.4, -0.2) is 10.0 Å². The van der Waals surface area contributed by atoms with Gasteiger partial charge in [-0.25, -0.2) is 4.39 Å². The van der Waals surface area contributed by atoms with Gasteiger partial charge in [-0.15, -0.1) is 0 Å². The van der Waals surface area contributed by atoms with Gasteiger partial charge < -0.3 is 5.11 Å². The fourth-order valence-electron chi connectivity index (χ4n) is 1.81. The predicted molar refractivity (Wildman–Crippen MR) is 73.2 cm³/mol. The van der Waals surface area contributed by atoms with Crippen molar-refractivity contribution in [3.8, 4) is 0 Å². The quantitative estimate of drug-likeness (QED) is 0.691. The van der Waals surface area contributed by atoms with Crippen molar-refractivity contribution in [2.45, 2.75) is 12.5 Å². The molecule has 6 heteroatoms. The summed E-state index contributed by atoms with van der Waals surface area (Å²) >= 11 is 5.57. The summed E-state index contributed by atoms with van der Waals surface area (Å²) in [4.78, 5) is 10.0. The summed E-state index contributed by atoms with van der Waals surface area (Å²) in [7, 11) is 0. The summed E-state index contributed by atoms with van der Waals surface area (Å²) in [5, 5.41) is 20.5. The van der Waals surface area contributed by atoms with E-state index in [4.69, 9.17) is 11.6 Å². The van der Waals surface area contributed by atoms with E-state index in [-0.39, 0.29) is 17.1 Å². The number of nitrogens with zero attached hydrogens (tertiary/aromatic N) is 1. The second-order valence-electron chi connectivity index (χ2n) is 4.32. The lowest BCUT2D eigenvalue weighted by atomic mass is 10.0. The molecule has 20 heavy (non-hydrogen) atoms. The molecule has 1 atom stereocenters. The van der Waals surface area contributed by atoms with Crippen LogP contribution in [0.2, 0.25) is 5.02 Å². The zero-order valence-corrected chi connectivity index (χ0v) is 11.0. The SMILES string of the molecule is O=[N+]([O-])c1ccc(CC(O)c2ccc(Cl)c(F)c2)cc1. The first-order valence-corrected chi connectivity index (χ1v) is 6.21. The maximum Gasteiger partial charge on any atom is 0.269 e. The Hall–Kier alpha value is -1.98. The number of aliphatic hydroxyl groups is 1. The van der Waals surface area contributed by atoms with E-state index in [1.165, 1.54) is 24.3 Å². The van der Waals surface area contributed by atoms with Crippen LogP contribution >= 0.6 is 11.6 Å². The van der Waals surface area contributed by atoms with E-state index in [0.717, 1.165) is 5.56 Å². The number of halogens is 2. The lowest BCUT2D eigenvalue weighted by Crippen LogP contribution is -2.02.